The number of benzene rings is 1. The maximum atomic E-state index is 12.1. The quantitative estimate of drug-likeness (QED) is 0.793. The highest BCUT2D eigenvalue weighted by Gasteiger charge is 2.14. The Morgan fingerprint density at radius 1 is 1.47 bits per heavy atom. The molecule has 0 aliphatic rings. The molecule has 0 saturated heterocycles. The van der Waals surface area contributed by atoms with Gasteiger partial charge in [-0.1, -0.05) is 29.8 Å². The lowest BCUT2D eigenvalue weighted by molar-refractivity contribution is 0.0950. The van der Waals surface area contributed by atoms with Crippen LogP contribution >= 0.6 is 27.5 Å². The maximum absolute atomic E-state index is 12.1. The molecule has 0 heterocycles. The second kappa shape index (κ2) is 7.75. The molecule has 1 unspecified atom stereocenters. The summed E-state index contributed by atoms with van der Waals surface area (Å²) in [6, 6.07) is 5.30. The van der Waals surface area contributed by atoms with E-state index in [1.54, 1.807) is 19.2 Å². The Hall–Kier alpha value is -0.740. The number of carbonyl (C=O) groups is 1. The van der Waals surface area contributed by atoms with E-state index in [0.717, 1.165) is 10.9 Å². The lowest BCUT2D eigenvalue weighted by Gasteiger charge is -2.14. The van der Waals surface area contributed by atoms with E-state index in [1.165, 1.54) is 0 Å². The first-order valence-electron chi connectivity index (χ1n) is 6.19. The van der Waals surface area contributed by atoms with Gasteiger partial charge in [0.2, 0.25) is 0 Å². The standard InChI is InChI=1S/C14H19BrClNO2/c1-9(2)6-11(16)8-17-14(18)12-5-4-10(15)7-13(12)19-3/h4-5,7,9,11H,6,8H2,1-3H3,(H,17,18). The number of carbonyl (C=O) groups excluding carboxylic acids is 1. The van der Waals surface area contributed by atoms with Crippen molar-refractivity contribution >= 4 is 33.4 Å². The van der Waals surface area contributed by atoms with Gasteiger partial charge >= 0.3 is 0 Å². The first-order valence-corrected chi connectivity index (χ1v) is 7.42. The largest absolute Gasteiger partial charge is 0.496 e. The molecule has 1 N–H and O–H groups in total. The van der Waals surface area contributed by atoms with Crippen LogP contribution in [0.2, 0.25) is 0 Å². The third-order valence-electron chi connectivity index (χ3n) is 2.62. The fourth-order valence-corrected chi connectivity index (χ4v) is 2.52. The van der Waals surface area contributed by atoms with Crippen molar-refractivity contribution in [3.05, 3.63) is 28.2 Å². The normalized spacial score (nSPS) is 12.3. The molecule has 0 saturated carbocycles. The molecule has 3 nitrogen and oxygen atoms in total. The first-order chi connectivity index (χ1) is 8.93. The Morgan fingerprint density at radius 2 is 2.16 bits per heavy atom. The lowest BCUT2D eigenvalue weighted by atomic mass is 10.1. The van der Waals surface area contributed by atoms with Gasteiger partial charge in [-0.15, -0.1) is 11.6 Å². The molecule has 5 heteroatoms. The van der Waals surface area contributed by atoms with E-state index in [2.05, 4.69) is 35.1 Å². The Morgan fingerprint density at radius 3 is 2.74 bits per heavy atom. The number of hydrogen-bond donors (Lipinski definition) is 1. The maximum Gasteiger partial charge on any atom is 0.255 e. The third kappa shape index (κ3) is 5.41. The van der Waals surface area contributed by atoms with Crippen LogP contribution in [0.5, 0.6) is 5.75 Å². The Labute approximate surface area is 127 Å². The average Bonchev–Trinajstić information content (AvgIpc) is 2.34. The molecule has 1 amide bonds. The fraction of sp³-hybridized carbons (Fsp3) is 0.500. The predicted octanol–water partition coefficient (Wildman–Crippen LogP) is 3.84. The van der Waals surface area contributed by atoms with E-state index >= 15 is 0 Å². The van der Waals surface area contributed by atoms with Crippen LogP contribution in [0, 0.1) is 5.92 Å². The molecule has 1 atom stereocenters. The van der Waals surface area contributed by atoms with Crippen LogP contribution in [-0.4, -0.2) is 24.9 Å². The predicted molar refractivity (Wildman–Crippen MR) is 82.1 cm³/mol. The van der Waals surface area contributed by atoms with Crippen LogP contribution in [0.1, 0.15) is 30.6 Å². The summed E-state index contributed by atoms with van der Waals surface area (Å²) >= 11 is 9.50. The third-order valence-corrected chi connectivity index (χ3v) is 3.45. The zero-order chi connectivity index (χ0) is 14.4. The molecule has 0 fully saturated rings. The minimum atomic E-state index is -0.168. The number of hydrogen-bond acceptors (Lipinski definition) is 2. The Kier molecular flexibility index (Phi) is 6.66. The van der Waals surface area contributed by atoms with Gasteiger partial charge in [-0.2, -0.15) is 0 Å². The van der Waals surface area contributed by atoms with Gasteiger partial charge in [-0.3, -0.25) is 4.79 Å². The zero-order valence-corrected chi connectivity index (χ0v) is 13.7. The Balaban J connectivity index is 2.63. The van der Waals surface area contributed by atoms with Crippen molar-refractivity contribution in [1.82, 2.24) is 5.32 Å². The van der Waals surface area contributed by atoms with Crippen molar-refractivity contribution in [2.45, 2.75) is 25.6 Å². The second-order valence-corrected chi connectivity index (χ2v) is 6.31. The smallest absolute Gasteiger partial charge is 0.255 e. The van der Waals surface area contributed by atoms with Gasteiger partial charge in [0.05, 0.1) is 18.1 Å². The Bertz CT molecular complexity index is 437. The fourth-order valence-electron chi connectivity index (χ4n) is 1.75. The van der Waals surface area contributed by atoms with Crippen molar-refractivity contribution in [2.24, 2.45) is 5.92 Å². The summed E-state index contributed by atoms with van der Waals surface area (Å²) in [5, 5.41) is 2.78. The van der Waals surface area contributed by atoms with Crippen molar-refractivity contribution in [3.63, 3.8) is 0 Å². The van der Waals surface area contributed by atoms with Gasteiger partial charge in [0, 0.05) is 11.0 Å². The van der Waals surface area contributed by atoms with Gasteiger partial charge in [-0.25, -0.2) is 0 Å². The highest BCUT2D eigenvalue weighted by atomic mass is 79.9. The van der Waals surface area contributed by atoms with E-state index in [0.29, 0.717) is 23.8 Å². The number of ether oxygens (including phenoxy) is 1. The molecule has 1 rings (SSSR count). The minimum Gasteiger partial charge on any atom is -0.496 e. The molecule has 1 aromatic carbocycles. The molecule has 0 bridgehead atoms. The zero-order valence-electron chi connectivity index (χ0n) is 11.4. The molecule has 0 aromatic heterocycles. The van der Waals surface area contributed by atoms with E-state index in [9.17, 15) is 4.79 Å². The minimum absolute atomic E-state index is 0.0506. The van der Waals surface area contributed by atoms with E-state index in [1.807, 2.05) is 6.07 Å². The molecule has 0 spiro atoms. The molecular formula is C14H19BrClNO2. The topological polar surface area (TPSA) is 38.3 Å². The number of amides is 1. The molecular weight excluding hydrogens is 330 g/mol. The van der Waals surface area contributed by atoms with Crippen LogP contribution in [0.3, 0.4) is 0 Å². The monoisotopic (exact) mass is 347 g/mol. The number of halogens is 2. The van der Waals surface area contributed by atoms with Crippen molar-refractivity contribution in [3.8, 4) is 5.75 Å². The lowest BCUT2D eigenvalue weighted by Crippen LogP contribution is -2.30. The van der Waals surface area contributed by atoms with Crippen LogP contribution in [0.25, 0.3) is 0 Å². The number of alkyl halides is 1. The summed E-state index contributed by atoms with van der Waals surface area (Å²) in [5.74, 6) is 0.891. The number of methoxy groups -OCH3 is 1. The summed E-state index contributed by atoms with van der Waals surface area (Å²) in [7, 11) is 1.54. The van der Waals surface area contributed by atoms with E-state index in [4.69, 9.17) is 16.3 Å². The number of nitrogens with one attached hydrogen (secondary N) is 1. The summed E-state index contributed by atoms with van der Waals surface area (Å²) in [5.41, 5.74) is 0.513. The van der Waals surface area contributed by atoms with Gasteiger partial charge in [0.25, 0.3) is 5.91 Å². The molecule has 1 aromatic rings. The van der Waals surface area contributed by atoms with Gasteiger partial charge in [0.1, 0.15) is 5.75 Å². The molecule has 0 aliphatic heterocycles. The number of rotatable bonds is 6. The van der Waals surface area contributed by atoms with Crippen LogP contribution in [-0.2, 0) is 0 Å². The highest BCUT2D eigenvalue weighted by Crippen LogP contribution is 2.23. The second-order valence-electron chi connectivity index (χ2n) is 4.78. The van der Waals surface area contributed by atoms with Crippen molar-refractivity contribution in [1.29, 1.82) is 0 Å². The molecule has 106 valence electrons. The van der Waals surface area contributed by atoms with Crippen molar-refractivity contribution in [2.75, 3.05) is 13.7 Å². The SMILES string of the molecule is COc1cc(Br)ccc1C(=O)NCC(Cl)CC(C)C. The summed E-state index contributed by atoms with van der Waals surface area (Å²) in [6.07, 6.45) is 0.874. The van der Waals surface area contributed by atoms with Gasteiger partial charge < -0.3 is 10.1 Å². The van der Waals surface area contributed by atoms with E-state index < -0.39 is 0 Å². The van der Waals surface area contributed by atoms with Crippen LogP contribution < -0.4 is 10.1 Å². The van der Waals surface area contributed by atoms with E-state index in [-0.39, 0.29) is 11.3 Å². The molecule has 0 aliphatic carbocycles. The summed E-state index contributed by atoms with van der Waals surface area (Å²) < 4.78 is 6.07. The van der Waals surface area contributed by atoms with Crippen molar-refractivity contribution < 1.29 is 9.53 Å². The summed E-state index contributed by atoms with van der Waals surface area (Å²) in [4.78, 5) is 12.1. The van der Waals surface area contributed by atoms with Crippen LogP contribution in [0.4, 0.5) is 0 Å². The van der Waals surface area contributed by atoms with Crippen LogP contribution in [0.15, 0.2) is 22.7 Å². The first kappa shape index (κ1) is 16.3. The van der Waals surface area contributed by atoms with Gasteiger partial charge in [-0.05, 0) is 30.5 Å². The van der Waals surface area contributed by atoms with Gasteiger partial charge in [0.15, 0.2) is 0 Å². The molecule has 0 radical (unpaired) electrons. The average molecular weight is 349 g/mol. The highest BCUT2D eigenvalue weighted by molar-refractivity contribution is 9.10. The molecule has 19 heavy (non-hydrogen) atoms. The summed E-state index contributed by atoms with van der Waals surface area (Å²) in [6.45, 7) is 4.67.